The first-order valence-electron chi connectivity index (χ1n) is 4.92. The average molecular weight is 258 g/mol. The van der Waals surface area contributed by atoms with Gasteiger partial charge in [-0.05, 0) is 59.6 Å². The Bertz CT molecular complexity index is 321. The minimum Gasteiger partial charge on any atom is -0.299 e. The topological polar surface area (TPSA) is 3.24 Å². The standard InChI is InChI=1S/C11H13BrFN/c12-10-7-9(3-4-11(10)13)8-14-5-1-2-6-14/h3-4,7H,1-2,5-6,8H2. The summed E-state index contributed by atoms with van der Waals surface area (Å²) in [5, 5.41) is 0. The largest absolute Gasteiger partial charge is 0.299 e. The van der Waals surface area contributed by atoms with Crippen molar-refractivity contribution in [3.63, 3.8) is 0 Å². The molecular formula is C11H13BrFN. The Morgan fingerprint density at radius 1 is 1.29 bits per heavy atom. The van der Waals surface area contributed by atoms with Crippen LogP contribution in [-0.4, -0.2) is 18.0 Å². The van der Waals surface area contributed by atoms with E-state index in [9.17, 15) is 4.39 Å². The molecule has 1 nitrogen and oxygen atoms in total. The first-order chi connectivity index (χ1) is 6.75. The Hall–Kier alpha value is -0.410. The lowest BCUT2D eigenvalue weighted by Crippen LogP contribution is -2.18. The zero-order chi connectivity index (χ0) is 9.97. The van der Waals surface area contributed by atoms with E-state index in [-0.39, 0.29) is 5.82 Å². The van der Waals surface area contributed by atoms with E-state index in [1.54, 1.807) is 0 Å². The van der Waals surface area contributed by atoms with Crippen LogP contribution in [0.15, 0.2) is 22.7 Å². The van der Waals surface area contributed by atoms with Gasteiger partial charge in [0.25, 0.3) is 0 Å². The molecule has 2 rings (SSSR count). The number of likely N-dealkylation sites (tertiary alicyclic amines) is 1. The van der Waals surface area contributed by atoms with E-state index in [1.807, 2.05) is 12.1 Å². The summed E-state index contributed by atoms with van der Waals surface area (Å²) in [6.07, 6.45) is 2.59. The van der Waals surface area contributed by atoms with Crippen LogP contribution in [0, 0.1) is 5.82 Å². The van der Waals surface area contributed by atoms with Crippen LogP contribution in [0.2, 0.25) is 0 Å². The summed E-state index contributed by atoms with van der Waals surface area (Å²) < 4.78 is 13.5. The van der Waals surface area contributed by atoms with E-state index in [4.69, 9.17) is 0 Å². The fraction of sp³-hybridized carbons (Fsp3) is 0.455. The van der Waals surface area contributed by atoms with Gasteiger partial charge in [-0.15, -0.1) is 0 Å². The summed E-state index contributed by atoms with van der Waals surface area (Å²) in [7, 11) is 0. The number of hydrogen-bond donors (Lipinski definition) is 0. The molecule has 0 N–H and O–H groups in total. The normalized spacial score (nSPS) is 17.6. The Kier molecular flexibility index (Phi) is 3.19. The van der Waals surface area contributed by atoms with Gasteiger partial charge >= 0.3 is 0 Å². The van der Waals surface area contributed by atoms with Gasteiger partial charge in [0.05, 0.1) is 4.47 Å². The van der Waals surface area contributed by atoms with E-state index < -0.39 is 0 Å². The van der Waals surface area contributed by atoms with E-state index in [0.29, 0.717) is 4.47 Å². The van der Waals surface area contributed by atoms with Crippen molar-refractivity contribution in [1.82, 2.24) is 4.90 Å². The van der Waals surface area contributed by atoms with Crippen LogP contribution in [0.3, 0.4) is 0 Å². The number of nitrogens with zero attached hydrogens (tertiary/aromatic N) is 1. The van der Waals surface area contributed by atoms with Crippen molar-refractivity contribution in [2.24, 2.45) is 0 Å². The van der Waals surface area contributed by atoms with E-state index in [0.717, 1.165) is 6.54 Å². The summed E-state index contributed by atoms with van der Waals surface area (Å²) in [6.45, 7) is 3.29. The molecule has 0 radical (unpaired) electrons. The Balaban J connectivity index is 2.05. The van der Waals surface area contributed by atoms with Gasteiger partial charge in [0, 0.05) is 6.54 Å². The quantitative estimate of drug-likeness (QED) is 0.787. The van der Waals surface area contributed by atoms with Crippen LogP contribution in [-0.2, 0) is 6.54 Å². The second-order valence-electron chi connectivity index (χ2n) is 3.73. The van der Waals surface area contributed by atoms with E-state index in [2.05, 4.69) is 20.8 Å². The van der Waals surface area contributed by atoms with E-state index >= 15 is 0 Å². The van der Waals surface area contributed by atoms with Crippen molar-refractivity contribution in [3.05, 3.63) is 34.1 Å². The molecule has 14 heavy (non-hydrogen) atoms. The minimum absolute atomic E-state index is 0.185. The van der Waals surface area contributed by atoms with Gasteiger partial charge in [-0.25, -0.2) is 4.39 Å². The molecule has 76 valence electrons. The highest BCUT2D eigenvalue weighted by Gasteiger charge is 2.12. The number of hydrogen-bond acceptors (Lipinski definition) is 1. The Morgan fingerprint density at radius 2 is 2.00 bits per heavy atom. The lowest BCUT2D eigenvalue weighted by molar-refractivity contribution is 0.331. The summed E-state index contributed by atoms with van der Waals surface area (Å²) in [4.78, 5) is 2.40. The molecule has 0 aliphatic carbocycles. The monoisotopic (exact) mass is 257 g/mol. The van der Waals surface area contributed by atoms with Gasteiger partial charge in [-0.2, -0.15) is 0 Å². The van der Waals surface area contributed by atoms with Crippen LogP contribution in [0.1, 0.15) is 18.4 Å². The van der Waals surface area contributed by atoms with Crippen LogP contribution in [0.25, 0.3) is 0 Å². The molecule has 0 bridgehead atoms. The SMILES string of the molecule is Fc1ccc(CN2CCCC2)cc1Br. The highest BCUT2D eigenvalue weighted by molar-refractivity contribution is 9.10. The zero-order valence-electron chi connectivity index (χ0n) is 7.97. The highest BCUT2D eigenvalue weighted by Crippen LogP contribution is 2.19. The molecule has 0 amide bonds. The van der Waals surface area contributed by atoms with Crippen molar-refractivity contribution in [2.75, 3.05) is 13.1 Å². The lowest BCUT2D eigenvalue weighted by Gasteiger charge is -2.14. The van der Waals surface area contributed by atoms with Crippen LogP contribution >= 0.6 is 15.9 Å². The molecule has 0 aromatic heterocycles. The first kappa shape index (κ1) is 10.1. The maximum Gasteiger partial charge on any atom is 0.137 e. The molecule has 0 unspecified atom stereocenters. The number of benzene rings is 1. The van der Waals surface area contributed by atoms with Crippen molar-refractivity contribution >= 4 is 15.9 Å². The van der Waals surface area contributed by atoms with Crippen molar-refractivity contribution < 1.29 is 4.39 Å². The van der Waals surface area contributed by atoms with Gasteiger partial charge in [-0.3, -0.25) is 4.90 Å². The molecule has 0 atom stereocenters. The van der Waals surface area contributed by atoms with Crippen molar-refractivity contribution in [3.8, 4) is 0 Å². The predicted molar refractivity (Wildman–Crippen MR) is 58.6 cm³/mol. The van der Waals surface area contributed by atoms with Crippen LogP contribution in [0.4, 0.5) is 4.39 Å². The van der Waals surface area contributed by atoms with E-state index in [1.165, 1.54) is 37.6 Å². The molecule has 1 heterocycles. The molecule has 0 spiro atoms. The third-order valence-corrected chi connectivity index (χ3v) is 3.20. The molecule has 1 aromatic carbocycles. The fourth-order valence-electron chi connectivity index (χ4n) is 1.84. The smallest absolute Gasteiger partial charge is 0.137 e. The zero-order valence-corrected chi connectivity index (χ0v) is 9.56. The second kappa shape index (κ2) is 4.41. The second-order valence-corrected chi connectivity index (χ2v) is 4.59. The molecule has 1 aliphatic heterocycles. The van der Waals surface area contributed by atoms with Crippen LogP contribution < -0.4 is 0 Å². The molecule has 1 saturated heterocycles. The first-order valence-corrected chi connectivity index (χ1v) is 5.71. The summed E-state index contributed by atoms with van der Waals surface area (Å²) in [6, 6.07) is 5.25. The maximum atomic E-state index is 13.0. The summed E-state index contributed by atoms with van der Waals surface area (Å²) >= 11 is 3.20. The third-order valence-electron chi connectivity index (χ3n) is 2.59. The van der Waals surface area contributed by atoms with Gasteiger partial charge in [0.15, 0.2) is 0 Å². The van der Waals surface area contributed by atoms with Crippen molar-refractivity contribution in [1.29, 1.82) is 0 Å². The third kappa shape index (κ3) is 2.34. The van der Waals surface area contributed by atoms with Crippen molar-refractivity contribution in [2.45, 2.75) is 19.4 Å². The minimum atomic E-state index is -0.185. The molecule has 1 aromatic rings. The average Bonchev–Trinajstić information content (AvgIpc) is 2.64. The van der Waals surface area contributed by atoms with Gasteiger partial charge < -0.3 is 0 Å². The molecule has 1 fully saturated rings. The lowest BCUT2D eigenvalue weighted by atomic mass is 10.2. The molecule has 0 saturated carbocycles. The number of rotatable bonds is 2. The fourth-order valence-corrected chi connectivity index (χ4v) is 2.26. The van der Waals surface area contributed by atoms with Gasteiger partial charge in [0.1, 0.15) is 5.82 Å². The summed E-state index contributed by atoms with van der Waals surface area (Å²) in [5.74, 6) is -0.185. The number of halogens is 2. The van der Waals surface area contributed by atoms with Crippen LogP contribution in [0.5, 0.6) is 0 Å². The van der Waals surface area contributed by atoms with Gasteiger partial charge in [-0.1, -0.05) is 6.07 Å². The molecule has 1 aliphatic rings. The Morgan fingerprint density at radius 3 is 2.64 bits per heavy atom. The summed E-state index contributed by atoms with van der Waals surface area (Å²) in [5.41, 5.74) is 1.18. The highest BCUT2D eigenvalue weighted by atomic mass is 79.9. The van der Waals surface area contributed by atoms with Gasteiger partial charge in [0.2, 0.25) is 0 Å². The Labute approximate surface area is 92.0 Å². The molecular weight excluding hydrogens is 245 g/mol. The predicted octanol–water partition coefficient (Wildman–Crippen LogP) is 3.18. The molecule has 3 heteroatoms. The maximum absolute atomic E-state index is 13.0.